The standard InChI is InChI=1S/C19H26O3/c1-18-7-5-12(20)9-11(18)10-15(21)17-13-3-4-16(22)19(13,2)8-6-14(17)18/h11,13-14,17H,3-10H2,1-2H3/t11-,13?,14?,17?,18?,19?/m1/s1. The summed E-state index contributed by atoms with van der Waals surface area (Å²) in [5.41, 5.74) is -0.107. The molecule has 4 aliphatic rings. The smallest absolute Gasteiger partial charge is 0.139 e. The Labute approximate surface area is 132 Å². The van der Waals surface area contributed by atoms with Gasteiger partial charge < -0.3 is 0 Å². The molecule has 22 heavy (non-hydrogen) atoms. The van der Waals surface area contributed by atoms with Gasteiger partial charge in [0.25, 0.3) is 0 Å². The van der Waals surface area contributed by atoms with Crippen LogP contribution in [0.3, 0.4) is 0 Å². The van der Waals surface area contributed by atoms with E-state index in [1.807, 2.05) is 0 Å². The van der Waals surface area contributed by atoms with Gasteiger partial charge in [-0.2, -0.15) is 0 Å². The van der Waals surface area contributed by atoms with Crippen LogP contribution in [-0.2, 0) is 14.4 Å². The highest BCUT2D eigenvalue weighted by atomic mass is 16.1. The highest BCUT2D eigenvalue weighted by Crippen LogP contribution is 2.64. The summed E-state index contributed by atoms with van der Waals surface area (Å²) in [4.78, 5) is 37.1. The summed E-state index contributed by atoms with van der Waals surface area (Å²) < 4.78 is 0. The molecule has 0 saturated heterocycles. The molecule has 0 N–H and O–H groups in total. The molecule has 0 spiro atoms. The molecule has 0 aromatic heterocycles. The molecule has 0 heterocycles. The average molecular weight is 302 g/mol. The third-order valence-electron chi connectivity index (χ3n) is 8.00. The molecule has 5 unspecified atom stereocenters. The average Bonchev–Trinajstić information content (AvgIpc) is 2.77. The summed E-state index contributed by atoms with van der Waals surface area (Å²) in [6.45, 7) is 4.43. The molecule has 3 nitrogen and oxygen atoms in total. The van der Waals surface area contributed by atoms with Gasteiger partial charge in [-0.15, -0.1) is 0 Å². The number of hydrogen-bond donors (Lipinski definition) is 0. The van der Waals surface area contributed by atoms with Crippen LogP contribution in [0.5, 0.6) is 0 Å². The molecular weight excluding hydrogens is 276 g/mol. The first kappa shape index (κ1) is 14.6. The minimum absolute atomic E-state index is 0.0830. The van der Waals surface area contributed by atoms with Gasteiger partial charge in [0.2, 0.25) is 0 Å². The van der Waals surface area contributed by atoms with Crippen LogP contribution in [0.2, 0.25) is 0 Å². The molecular formula is C19H26O3. The Balaban J connectivity index is 1.72. The van der Waals surface area contributed by atoms with Gasteiger partial charge in [0, 0.05) is 37.0 Å². The maximum Gasteiger partial charge on any atom is 0.139 e. The van der Waals surface area contributed by atoms with Crippen molar-refractivity contribution in [1.82, 2.24) is 0 Å². The van der Waals surface area contributed by atoms with E-state index in [1.54, 1.807) is 0 Å². The largest absolute Gasteiger partial charge is 0.300 e. The van der Waals surface area contributed by atoms with E-state index in [0.29, 0.717) is 49.0 Å². The van der Waals surface area contributed by atoms with Crippen LogP contribution in [0, 0.1) is 34.5 Å². The lowest BCUT2D eigenvalue weighted by Crippen LogP contribution is -2.57. The van der Waals surface area contributed by atoms with Crippen LogP contribution in [0.25, 0.3) is 0 Å². The van der Waals surface area contributed by atoms with E-state index in [2.05, 4.69) is 13.8 Å². The summed E-state index contributed by atoms with van der Waals surface area (Å²) in [7, 11) is 0. The van der Waals surface area contributed by atoms with E-state index < -0.39 is 0 Å². The number of ketones is 3. The number of fused-ring (bicyclic) bond motifs is 5. The zero-order chi connectivity index (χ0) is 15.7. The molecule has 0 aromatic carbocycles. The minimum atomic E-state index is -0.246. The maximum atomic E-state index is 12.9. The second kappa shape index (κ2) is 4.52. The Morgan fingerprint density at radius 1 is 0.909 bits per heavy atom. The summed E-state index contributed by atoms with van der Waals surface area (Å²) in [5.74, 6) is 2.08. The first-order chi connectivity index (χ1) is 10.4. The Morgan fingerprint density at radius 2 is 1.68 bits per heavy atom. The quantitative estimate of drug-likeness (QED) is 0.689. The van der Waals surface area contributed by atoms with Gasteiger partial charge in [0.05, 0.1) is 0 Å². The third kappa shape index (κ3) is 1.71. The molecule has 0 aliphatic heterocycles. The number of carbonyl (C=O) groups excluding carboxylic acids is 3. The van der Waals surface area contributed by atoms with Crippen LogP contribution in [0.15, 0.2) is 0 Å². The third-order valence-corrected chi connectivity index (χ3v) is 8.00. The molecule has 6 atom stereocenters. The second-order valence-corrected chi connectivity index (χ2v) is 8.77. The van der Waals surface area contributed by atoms with Crippen molar-refractivity contribution in [3.05, 3.63) is 0 Å². The van der Waals surface area contributed by atoms with Crippen LogP contribution >= 0.6 is 0 Å². The van der Waals surface area contributed by atoms with E-state index in [-0.39, 0.29) is 28.6 Å². The Bertz CT molecular complexity index is 565. The fraction of sp³-hybridized carbons (Fsp3) is 0.842. The van der Waals surface area contributed by atoms with E-state index in [4.69, 9.17) is 0 Å². The Kier molecular flexibility index (Phi) is 3.00. The van der Waals surface area contributed by atoms with Crippen LogP contribution in [0.4, 0.5) is 0 Å². The van der Waals surface area contributed by atoms with E-state index >= 15 is 0 Å². The van der Waals surface area contributed by atoms with Gasteiger partial charge in [0.15, 0.2) is 0 Å². The summed E-state index contributed by atoms with van der Waals surface area (Å²) >= 11 is 0. The van der Waals surface area contributed by atoms with Crippen molar-refractivity contribution >= 4 is 17.3 Å². The SMILES string of the molecule is CC12CCC3C(C(=O)C[C@H]4CC(=O)CCC34C)C1CCC2=O. The van der Waals surface area contributed by atoms with E-state index in [1.165, 1.54) is 0 Å². The predicted molar refractivity (Wildman–Crippen MR) is 82.1 cm³/mol. The van der Waals surface area contributed by atoms with Gasteiger partial charge in [0.1, 0.15) is 17.3 Å². The normalized spacial score (nSPS) is 51.3. The molecule has 4 saturated carbocycles. The summed E-state index contributed by atoms with van der Waals surface area (Å²) in [5, 5.41) is 0. The Morgan fingerprint density at radius 3 is 2.45 bits per heavy atom. The summed E-state index contributed by atoms with van der Waals surface area (Å²) in [6, 6.07) is 0. The lowest BCUT2D eigenvalue weighted by molar-refractivity contribution is -0.158. The molecule has 4 rings (SSSR count). The number of rotatable bonds is 0. The zero-order valence-corrected chi connectivity index (χ0v) is 13.7. The molecule has 0 amide bonds. The van der Waals surface area contributed by atoms with Crippen molar-refractivity contribution in [3.8, 4) is 0 Å². The van der Waals surface area contributed by atoms with Crippen LogP contribution in [-0.4, -0.2) is 17.3 Å². The predicted octanol–water partition coefficient (Wildman–Crippen LogP) is 3.35. The number of Topliss-reactive ketones (excluding diaryl/α,β-unsaturated/α-hetero) is 3. The first-order valence-corrected chi connectivity index (χ1v) is 8.94. The van der Waals surface area contributed by atoms with Crippen molar-refractivity contribution in [3.63, 3.8) is 0 Å². The van der Waals surface area contributed by atoms with Gasteiger partial charge in [-0.1, -0.05) is 13.8 Å². The van der Waals surface area contributed by atoms with Gasteiger partial charge in [-0.05, 0) is 48.9 Å². The highest BCUT2D eigenvalue weighted by Gasteiger charge is 2.62. The van der Waals surface area contributed by atoms with E-state index in [0.717, 1.165) is 25.7 Å². The molecule has 3 heteroatoms. The lowest BCUT2D eigenvalue weighted by Gasteiger charge is -2.58. The van der Waals surface area contributed by atoms with Gasteiger partial charge in [-0.25, -0.2) is 0 Å². The van der Waals surface area contributed by atoms with E-state index in [9.17, 15) is 14.4 Å². The molecule has 120 valence electrons. The van der Waals surface area contributed by atoms with Crippen molar-refractivity contribution in [1.29, 1.82) is 0 Å². The topological polar surface area (TPSA) is 51.2 Å². The molecule has 0 radical (unpaired) electrons. The van der Waals surface area contributed by atoms with Crippen molar-refractivity contribution in [2.45, 2.75) is 65.2 Å². The maximum absolute atomic E-state index is 12.9. The molecule has 0 bridgehead atoms. The zero-order valence-electron chi connectivity index (χ0n) is 13.7. The van der Waals surface area contributed by atoms with Crippen molar-refractivity contribution in [2.24, 2.45) is 34.5 Å². The summed E-state index contributed by atoms with van der Waals surface area (Å²) in [6.07, 6.45) is 6.32. The lowest BCUT2D eigenvalue weighted by atomic mass is 9.45. The van der Waals surface area contributed by atoms with Crippen LogP contribution < -0.4 is 0 Å². The van der Waals surface area contributed by atoms with Gasteiger partial charge >= 0.3 is 0 Å². The Hall–Kier alpha value is -0.990. The van der Waals surface area contributed by atoms with Crippen LogP contribution in [0.1, 0.15) is 65.2 Å². The molecule has 4 aliphatic carbocycles. The van der Waals surface area contributed by atoms with Crippen molar-refractivity contribution < 1.29 is 14.4 Å². The minimum Gasteiger partial charge on any atom is -0.300 e. The van der Waals surface area contributed by atoms with Crippen molar-refractivity contribution in [2.75, 3.05) is 0 Å². The molecule has 0 aromatic rings. The number of carbonyl (C=O) groups is 3. The monoisotopic (exact) mass is 302 g/mol. The highest BCUT2D eigenvalue weighted by molar-refractivity contribution is 5.91. The van der Waals surface area contributed by atoms with Gasteiger partial charge in [-0.3, -0.25) is 14.4 Å². The number of hydrogen-bond acceptors (Lipinski definition) is 3. The molecule has 4 fully saturated rings. The fourth-order valence-corrected chi connectivity index (χ4v) is 6.50. The fourth-order valence-electron chi connectivity index (χ4n) is 6.50. The second-order valence-electron chi connectivity index (χ2n) is 8.77. The first-order valence-electron chi connectivity index (χ1n) is 8.94.